The van der Waals surface area contributed by atoms with Gasteiger partial charge < -0.3 is 9.88 Å². The fourth-order valence-corrected chi connectivity index (χ4v) is 3.48. The highest BCUT2D eigenvalue weighted by Gasteiger charge is 2.29. The maximum atomic E-state index is 13.5. The molecule has 0 saturated heterocycles. The van der Waals surface area contributed by atoms with E-state index in [0.29, 0.717) is 0 Å². The second-order valence-corrected chi connectivity index (χ2v) is 6.30. The number of amides is 1. The highest BCUT2D eigenvalue weighted by atomic mass is 19.1. The number of carbonyl (C=O) groups excluding carboxylic acids is 1. The van der Waals surface area contributed by atoms with Crippen molar-refractivity contribution in [2.45, 2.75) is 32.2 Å². The first-order valence-electron chi connectivity index (χ1n) is 8.15. The minimum Gasteiger partial charge on any atom is -0.361 e. The van der Waals surface area contributed by atoms with E-state index in [1.807, 2.05) is 17.0 Å². The maximum absolute atomic E-state index is 13.5. The number of aromatic amines is 1. The number of pyridine rings is 1. The van der Waals surface area contributed by atoms with Crippen LogP contribution < -0.4 is 4.90 Å². The molecule has 1 amide bonds. The smallest absolute Gasteiger partial charge is 0.231 e. The van der Waals surface area contributed by atoms with Crippen LogP contribution in [0.15, 0.2) is 42.7 Å². The first kappa shape index (κ1) is 14.9. The molecule has 1 aliphatic rings. The summed E-state index contributed by atoms with van der Waals surface area (Å²) in [6, 6.07) is 8.53. The Labute approximate surface area is 139 Å². The molecule has 4 nitrogen and oxygen atoms in total. The van der Waals surface area contributed by atoms with Crippen molar-refractivity contribution in [3.63, 3.8) is 0 Å². The summed E-state index contributed by atoms with van der Waals surface area (Å²) in [5.41, 5.74) is 3.52. The molecule has 1 N–H and O–H groups in total. The van der Waals surface area contributed by atoms with Gasteiger partial charge in [0.1, 0.15) is 5.82 Å². The lowest BCUT2D eigenvalue weighted by atomic mass is 9.99. The van der Waals surface area contributed by atoms with E-state index in [-0.39, 0.29) is 24.2 Å². The van der Waals surface area contributed by atoms with Gasteiger partial charge in [-0.25, -0.2) is 4.39 Å². The van der Waals surface area contributed by atoms with Gasteiger partial charge in [-0.05, 0) is 55.7 Å². The summed E-state index contributed by atoms with van der Waals surface area (Å²) in [6.45, 7) is 2.06. The molecule has 0 bridgehead atoms. The Balaban J connectivity index is 1.67. The lowest BCUT2D eigenvalue weighted by Crippen LogP contribution is -2.43. The zero-order chi connectivity index (χ0) is 16.7. The molecule has 1 aromatic carbocycles. The quantitative estimate of drug-likeness (QED) is 0.783. The predicted molar refractivity (Wildman–Crippen MR) is 91.5 cm³/mol. The molecule has 0 saturated carbocycles. The van der Waals surface area contributed by atoms with Crippen molar-refractivity contribution in [1.29, 1.82) is 0 Å². The van der Waals surface area contributed by atoms with Crippen LogP contribution in [0.1, 0.15) is 24.6 Å². The number of anilines is 1. The molecular formula is C19H18FN3O. The van der Waals surface area contributed by atoms with Crippen molar-refractivity contribution in [2.75, 3.05) is 4.90 Å². The van der Waals surface area contributed by atoms with Crippen molar-refractivity contribution in [2.24, 2.45) is 0 Å². The largest absolute Gasteiger partial charge is 0.361 e. The topological polar surface area (TPSA) is 49.0 Å². The van der Waals surface area contributed by atoms with E-state index in [1.54, 1.807) is 18.5 Å². The molecule has 3 aromatic rings. The van der Waals surface area contributed by atoms with Gasteiger partial charge in [-0.2, -0.15) is 0 Å². The maximum Gasteiger partial charge on any atom is 0.231 e. The number of halogens is 1. The standard InChI is InChI=1S/C19H18FN3O/c1-12-4-6-17-18(3-2-8-21-17)23(12)19(24)9-13-11-22-16-7-5-14(20)10-15(13)16/h2-3,5,7-8,10-12,22H,4,6,9H2,1H3. The Morgan fingerprint density at radius 3 is 3.17 bits per heavy atom. The molecule has 0 radical (unpaired) electrons. The van der Waals surface area contributed by atoms with E-state index < -0.39 is 0 Å². The van der Waals surface area contributed by atoms with Crippen LogP contribution in [0, 0.1) is 5.82 Å². The zero-order valence-corrected chi connectivity index (χ0v) is 13.4. The third-order valence-corrected chi connectivity index (χ3v) is 4.71. The van der Waals surface area contributed by atoms with Gasteiger partial charge in [-0.1, -0.05) is 0 Å². The summed E-state index contributed by atoms with van der Waals surface area (Å²) in [6.07, 6.45) is 5.58. The molecule has 1 unspecified atom stereocenters. The van der Waals surface area contributed by atoms with Crippen LogP contribution >= 0.6 is 0 Å². The Morgan fingerprint density at radius 2 is 2.29 bits per heavy atom. The minimum absolute atomic E-state index is 0.0154. The Bertz CT molecular complexity index is 918. The molecule has 3 heterocycles. The van der Waals surface area contributed by atoms with Crippen LogP contribution in [0.25, 0.3) is 10.9 Å². The van der Waals surface area contributed by atoms with Crippen molar-refractivity contribution < 1.29 is 9.18 Å². The third kappa shape index (κ3) is 2.46. The Kier molecular flexibility index (Phi) is 3.56. The highest BCUT2D eigenvalue weighted by Crippen LogP contribution is 2.30. The fourth-order valence-electron chi connectivity index (χ4n) is 3.48. The Morgan fingerprint density at radius 1 is 1.42 bits per heavy atom. The fraction of sp³-hybridized carbons (Fsp3) is 0.263. The van der Waals surface area contributed by atoms with Gasteiger partial charge in [0.05, 0.1) is 17.8 Å². The van der Waals surface area contributed by atoms with Crippen molar-refractivity contribution in [1.82, 2.24) is 9.97 Å². The van der Waals surface area contributed by atoms with Crippen LogP contribution in [0.2, 0.25) is 0 Å². The first-order chi connectivity index (χ1) is 11.6. The van der Waals surface area contributed by atoms with Crippen LogP contribution in [0.4, 0.5) is 10.1 Å². The van der Waals surface area contributed by atoms with Gasteiger partial charge in [-0.3, -0.25) is 9.78 Å². The highest BCUT2D eigenvalue weighted by molar-refractivity contribution is 5.98. The molecule has 1 atom stereocenters. The molecule has 0 spiro atoms. The number of hydrogen-bond acceptors (Lipinski definition) is 2. The minimum atomic E-state index is -0.295. The van der Waals surface area contributed by atoms with Crippen LogP contribution in [-0.2, 0) is 17.6 Å². The second kappa shape index (κ2) is 5.74. The molecule has 122 valence electrons. The molecule has 4 rings (SSSR count). The summed E-state index contributed by atoms with van der Waals surface area (Å²) >= 11 is 0. The van der Waals surface area contributed by atoms with Crippen LogP contribution in [0.5, 0.6) is 0 Å². The number of aryl methyl sites for hydroxylation is 1. The number of nitrogens with zero attached hydrogens (tertiary/aromatic N) is 2. The van der Waals surface area contributed by atoms with Gasteiger partial charge in [0.25, 0.3) is 0 Å². The number of aromatic nitrogens is 2. The second-order valence-electron chi connectivity index (χ2n) is 6.30. The molecule has 2 aromatic heterocycles. The van der Waals surface area contributed by atoms with Crippen LogP contribution in [-0.4, -0.2) is 21.9 Å². The average Bonchev–Trinajstić information content (AvgIpc) is 2.96. The molecule has 1 aliphatic heterocycles. The van der Waals surface area contributed by atoms with E-state index in [9.17, 15) is 9.18 Å². The summed E-state index contributed by atoms with van der Waals surface area (Å²) in [5, 5.41) is 0.763. The molecule has 5 heteroatoms. The molecule has 24 heavy (non-hydrogen) atoms. The van der Waals surface area contributed by atoms with Gasteiger partial charge in [0.2, 0.25) is 5.91 Å². The van der Waals surface area contributed by atoms with E-state index in [1.165, 1.54) is 12.1 Å². The number of H-pyrrole nitrogens is 1. The number of rotatable bonds is 2. The summed E-state index contributed by atoms with van der Waals surface area (Å²) in [5.74, 6) is -0.279. The summed E-state index contributed by atoms with van der Waals surface area (Å²) in [4.78, 5) is 22.3. The van der Waals surface area contributed by atoms with Gasteiger partial charge in [-0.15, -0.1) is 0 Å². The normalized spacial score (nSPS) is 17.1. The lowest BCUT2D eigenvalue weighted by molar-refractivity contribution is -0.118. The number of hydrogen-bond donors (Lipinski definition) is 1. The van der Waals surface area contributed by atoms with Crippen LogP contribution in [0.3, 0.4) is 0 Å². The third-order valence-electron chi connectivity index (χ3n) is 4.71. The summed E-state index contributed by atoms with van der Waals surface area (Å²) < 4.78 is 13.5. The number of nitrogens with one attached hydrogen (secondary N) is 1. The van der Waals surface area contributed by atoms with Gasteiger partial charge in [0, 0.05) is 29.3 Å². The SMILES string of the molecule is CC1CCc2ncccc2N1C(=O)Cc1c[nH]c2ccc(F)cc12. The van der Waals surface area contributed by atoms with Crippen molar-refractivity contribution >= 4 is 22.5 Å². The number of benzene rings is 1. The predicted octanol–water partition coefficient (Wildman–Crippen LogP) is 3.61. The van der Waals surface area contributed by atoms with E-state index in [0.717, 1.165) is 40.7 Å². The van der Waals surface area contributed by atoms with Crippen molar-refractivity contribution in [3.8, 4) is 0 Å². The van der Waals surface area contributed by atoms with Gasteiger partial charge >= 0.3 is 0 Å². The first-order valence-corrected chi connectivity index (χ1v) is 8.15. The number of fused-ring (bicyclic) bond motifs is 2. The molecule has 0 fully saturated rings. The van der Waals surface area contributed by atoms with E-state index in [2.05, 4.69) is 16.9 Å². The number of carbonyl (C=O) groups is 1. The van der Waals surface area contributed by atoms with E-state index in [4.69, 9.17) is 0 Å². The Hall–Kier alpha value is -2.69. The molecule has 0 aliphatic carbocycles. The average molecular weight is 323 g/mol. The summed E-state index contributed by atoms with van der Waals surface area (Å²) in [7, 11) is 0. The lowest BCUT2D eigenvalue weighted by Gasteiger charge is -2.34. The van der Waals surface area contributed by atoms with Crippen molar-refractivity contribution in [3.05, 3.63) is 59.8 Å². The zero-order valence-electron chi connectivity index (χ0n) is 13.4. The van der Waals surface area contributed by atoms with E-state index >= 15 is 0 Å². The van der Waals surface area contributed by atoms with Gasteiger partial charge in [0.15, 0.2) is 0 Å². The molecular weight excluding hydrogens is 305 g/mol. The monoisotopic (exact) mass is 323 g/mol.